The lowest BCUT2D eigenvalue weighted by Gasteiger charge is -2.37. The van der Waals surface area contributed by atoms with E-state index in [-0.39, 0.29) is 47.0 Å². The molecule has 3 aliphatic carbocycles. The number of aromatic hydroxyl groups is 2. The smallest absolute Gasteiger partial charge is 0.254 e. The normalized spacial score (nSPS) is 32.1. The number of hydrogen-bond acceptors (Lipinski definition) is 5. The highest BCUT2D eigenvalue weighted by Gasteiger charge is 2.56. The van der Waals surface area contributed by atoms with Gasteiger partial charge < -0.3 is 10.2 Å². The summed E-state index contributed by atoms with van der Waals surface area (Å²) in [5, 5.41) is 23.8. The Balaban J connectivity index is 1.60. The third-order valence-corrected chi connectivity index (χ3v) is 5.06. The second kappa shape index (κ2) is 4.94. The summed E-state index contributed by atoms with van der Waals surface area (Å²) in [4.78, 5) is 25.1. The van der Waals surface area contributed by atoms with Crippen LogP contribution in [0.2, 0.25) is 0 Å². The number of phenolic OH excluding ortho intramolecular Hbond substituents is 2. The minimum Gasteiger partial charge on any atom is -0.504 e. The van der Waals surface area contributed by atoms with Gasteiger partial charge in [-0.05, 0) is 48.4 Å². The number of carbonyl (C=O) groups excluding carboxylic acids is 2. The molecule has 2 bridgehead atoms. The summed E-state index contributed by atoms with van der Waals surface area (Å²) >= 11 is 0. The largest absolute Gasteiger partial charge is 0.504 e. The van der Waals surface area contributed by atoms with E-state index in [4.69, 9.17) is 0 Å². The summed E-state index contributed by atoms with van der Waals surface area (Å²) in [5.41, 5.74) is 0.497. The van der Waals surface area contributed by atoms with Crippen molar-refractivity contribution in [1.29, 1.82) is 0 Å². The first kappa shape index (κ1) is 14.0. The molecule has 2 amide bonds. The summed E-state index contributed by atoms with van der Waals surface area (Å²) in [6.45, 7) is 0. The maximum atomic E-state index is 12.6. The van der Waals surface area contributed by atoms with Gasteiger partial charge in [-0.15, -0.1) is 0 Å². The minimum absolute atomic E-state index is 0.138. The fourth-order valence-electron chi connectivity index (χ4n) is 3.92. The van der Waals surface area contributed by atoms with Crippen LogP contribution in [0.15, 0.2) is 35.5 Å². The van der Waals surface area contributed by atoms with Crippen molar-refractivity contribution >= 4 is 18.0 Å². The van der Waals surface area contributed by atoms with Gasteiger partial charge in [-0.25, -0.2) is 0 Å². The molecule has 2 N–H and O–H groups in total. The number of hydrogen-bond donors (Lipinski definition) is 2. The highest BCUT2D eigenvalue weighted by Crippen LogP contribution is 2.49. The molecule has 23 heavy (non-hydrogen) atoms. The Morgan fingerprint density at radius 1 is 1.00 bits per heavy atom. The molecule has 1 aromatic carbocycles. The van der Waals surface area contributed by atoms with E-state index in [2.05, 4.69) is 17.3 Å². The number of carbonyl (C=O) groups is 2. The van der Waals surface area contributed by atoms with Gasteiger partial charge in [0.05, 0.1) is 18.1 Å². The quantitative estimate of drug-likeness (QED) is 0.376. The molecular formula is C17H16N2O4. The molecule has 1 aliphatic heterocycles. The third-order valence-electron chi connectivity index (χ3n) is 5.06. The van der Waals surface area contributed by atoms with Crippen LogP contribution < -0.4 is 0 Å². The number of hydrazone groups is 1. The van der Waals surface area contributed by atoms with Crippen LogP contribution in [-0.4, -0.2) is 33.3 Å². The van der Waals surface area contributed by atoms with E-state index in [1.807, 2.05) is 0 Å². The highest BCUT2D eigenvalue weighted by atomic mass is 16.3. The number of fused-ring (bicyclic) bond motifs is 1. The van der Waals surface area contributed by atoms with Crippen LogP contribution in [0.4, 0.5) is 0 Å². The number of nitrogens with zero attached hydrogens (tertiary/aromatic N) is 2. The molecular weight excluding hydrogens is 296 g/mol. The SMILES string of the molecule is O=C1C2C3C=CC(CC3)C2C(=O)N1/N=C/c1ccc(O)c(O)c1. The molecule has 2 fully saturated rings. The number of rotatable bonds is 2. The zero-order valence-electron chi connectivity index (χ0n) is 12.3. The molecule has 4 unspecified atom stereocenters. The first-order chi connectivity index (χ1) is 11.1. The number of benzene rings is 1. The van der Waals surface area contributed by atoms with Crippen molar-refractivity contribution in [3.8, 4) is 11.5 Å². The number of amides is 2. The number of phenols is 2. The van der Waals surface area contributed by atoms with Crippen molar-refractivity contribution in [2.75, 3.05) is 0 Å². The van der Waals surface area contributed by atoms with Gasteiger partial charge in [0.15, 0.2) is 11.5 Å². The second-order valence-corrected chi connectivity index (χ2v) is 6.32. The Labute approximate surface area is 132 Å². The molecule has 5 rings (SSSR count). The van der Waals surface area contributed by atoms with Crippen molar-refractivity contribution < 1.29 is 19.8 Å². The Bertz CT molecular complexity index is 723. The zero-order valence-corrected chi connectivity index (χ0v) is 12.3. The van der Waals surface area contributed by atoms with E-state index < -0.39 is 0 Å². The van der Waals surface area contributed by atoms with Gasteiger partial charge in [-0.1, -0.05) is 12.2 Å². The van der Waals surface area contributed by atoms with E-state index in [0.29, 0.717) is 5.56 Å². The first-order valence-electron chi connectivity index (χ1n) is 7.68. The Morgan fingerprint density at radius 2 is 1.61 bits per heavy atom. The monoisotopic (exact) mass is 312 g/mol. The van der Waals surface area contributed by atoms with Gasteiger partial charge in [-0.2, -0.15) is 10.1 Å². The maximum Gasteiger partial charge on any atom is 0.254 e. The van der Waals surface area contributed by atoms with Crippen LogP contribution in [0.3, 0.4) is 0 Å². The van der Waals surface area contributed by atoms with Crippen molar-refractivity contribution in [3.05, 3.63) is 35.9 Å². The van der Waals surface area contributed by atoms with Gasteiger partial charge in [0.25, 0.3) is 11.8 Å². The summed E-state index contributed by atoms with van der Waals surface area (Å²) in [6, 6.07) is 4.19. The van der Waals surface area contributed by atoms with Gasteiger partial charge in [0.2, 0.25) is 0 Å². The van der Waals surface area contributed by atoms with Gasteiger partial charge >= 0.3 is 0 Å². The van der Waals surface area contributed by atoms with Crippen molar-refractivity contribution in [3.63, 3.8) is 0 Å². The van der Waals surface area contributed by atoms with Gasteiger partial charge in [0, 0.05) is 0 Å². The van der Waals surface area contributed by atoms with E-state index in [0.717, 1.165) is 17.9 Å². The van der Waals surface area contributed by atoms with E-state index in [9.17, 15) is 19.8 Å². The van der Waals surface area contributed by atoms with Crippen LogP contribution in [0.5, 0.6) is 11.5 Å². The standard InChI is InChI=1S/C17H16N2O4/c20-12-6-1-9(7-13(12)21)8-18-19-16(22)14-10-2-3-11(5-4-10)15(14)17(19)23/h1-3,6-8,10-11,14-15,20-21H,4-5H2/b18-8+. The molecule has 0 spiro atoms. The maximum absolute atomic E-state index is 12.6. The van der Waals surface area contributed by atoms with Gasteiger partial charge in [-0.3, -0.25) is 9.59 Å². The van der Waals surface area contributed by atoms with Crippen molar-refractivity contribution in [2.45, 2.75) is 12.8 Å². The molecule has 0 aromatic heterocycles. The molecule has 4 atom stereocenters. The molecule has 118 valence electrons. The molecule has 1 saturated heterocycles. The Morgan fingerprint density at radius 3 is 2.13 bits per heavy atom. The average Bonchev–Trinajstić information content (AvgIpc) is 2.83. The van der Waals surface area contributed by atoms with E-state index in [1.165, 1.54) is 18.3 Å². The Kier molecular flexibility index (Phi) is 3.01. The van der Waals surface area contributed by atoms with Crippen LogP contribution in [0, 0.1) is 23.7 Å². The molecule has 6 heteroatoms. The van der Waals surface area contributed by atoms with Gasteiger partial charge in [0.1, 0.15) is 0 Å². The van der Waals surface area contributed by atoms with Crippen LogP contribution >= 0.6 is 0 Å². The predicted molar refractivity (Wildman–Crippen MR) is 81.6 cm³/mol. The van der Waals surface area contributed by atoms with Crippen molar-refractivity contribution in [1.82, 2.24) is 5.01 Å². The third kappa shape index (κ3) is 2.05. The summed E-state index contributed by atoms with van der Waals surface area (Å²) in [7, 11) is 0. The fourth-order valence-corrected chi connectivity index (χ4v) is 3.92. The lowest BCUT2D eigenvalue weighted by Crippen LogP contribution is -2.38. The predicted octanol–water partition coefficient (Wildman–Crippen LogP) is 1.63. The summed E-state index contributed by atoms with van der Waals surface area (Å²) in [6.07, 6.45) is 7.37. The number of imide groups is 1. The fraction of sp³-hybridized carbons (Fsp3) is 0.353. The average molecular weight is 312 g/mol. The topological polar surface area (TPSA) is 90.2 Å². The Hall–Kier alpha value is -2.63. The molecule has 1 saturated carbocycles. The number of allylic oxidation sites excluding steroid dienone is 2. The molecule has 0 radical (unpaired) electrons. The van der Waals surface area contributed by atoms with E-state index in [1.54, 1.807) is 6.07 Å². The second-order valence-electron chi connectivity index (χ2n) is 6.32. The molecule has 6 nitrogen and oxygen atoms in total. The lowest BCUT2D eigenvalue weighted by atomic mass is 9.63. The summed E-state index contributed by atoms with van der Waals surface area (Å²) in [5.74, 6) is -1.27. The lowest BCUT2D eigenvalue weighted by molar-refractivity contribution is -0.140. The van der Waals surface area contributed by atoms with Crippen molar-refractivity contribution in [2.24, 2.45) is 28.8 Å². The molecule has 4 aliphatic rings. The van der Waals surface area contributed by atoms with Crippen LogP contribution in [0.1, 0.15) is 18.4 Å². The first-order valence-corrected chi connectivity index (χ1v) is 7.68. The summed E-state index contributed by atoms with van der Waals surface area (Å²) < 4.78 is 0. The van der Waals surface area contributed by atoms with Crippen LogP contribution in [0.25, 0.3) is 0 Å². The molecule has 1 aromatic rings. The highest BCUT2D eigenvalue weighted by molar-refractivity contribution is 6.06. The van der Waals surface area contributed by atoms with E-state index >= 15 is 0 Å². The minimum atomic E-state index is -0.281. The zero-order chi connectivity index (χ0) is 16.1. The van der Waals surface area contributed by atoms with Crippen LogP contribution in [-0.2, 0) is 9.59 Å². The molecule has 1 heterocycles.